The van der Waals surface area contributed by atoms with Gasteiger partial charge in [-0.1, -0.05) is 6.07 Å². The fraction of sp³-hybridized carbons (Fsp3) is 0.500. The Morgan fingerprint density at radius 2 is 2.10 bits per heavy atom. The van der Waals surface area contributed by atoms with Crippen LogP contribution in [0.5, 0.6) is 0 Å². The summed E-state index contributed by atoms with van der Waals surface area (Å²) in [6, 6.07) is 9.35. The van der Waals surface area contributed by atoms with Crippen molar-refractivity contribution < 1.29 is 8.42 Å². The number of hydrogen-bond donors (Lipinski definition) is 1. The van der Waals surface area contributed by atoms with Gasteiger partial charge < -0.3 is 9.88 Å². The Morgan fingerprint density at radius 3 is 2.81 bits per heavy atom. The molecule has 1 heterocycles. The third-order valence-electron chi connectivity index (χ3n) is 3.92. The van der Waals surface area contributed by atoms with Crippen molar-refractivity contribution in [3.8, 4) is 0 Å². The molecule has 1 fully saturated rings. The van der Waals surface area contributed by atoms with Crippen molar-refractivity contribution >= 4 is 20.7 Å². The number of nitrogens with one attached hydrogen (secondary N) is 1. The minimum absolute atomic E-state index is 0.246. The molecule has 1 aromatic carbocycles. The number of hydrogen-bond acceptors (Lipinski definition) is 3. The Kier molecular flexibility index (Phi) is 4.04. The van der Waals surface area contributed by atoms with Crippen LogP contribution in [-0.2, 0) is 22.9 Å². The predicted molar refractivity (Wildman–Crippen MR) is 86.1 cm³/mol. The molecule has 0 bridgehead atoms. The zero-order valence-electron chi connectivity index (χ0n) is 12.4. The lowest BCUT2D eigenvalue weighted by Gasteiger charge is -2.07. The second kappa shape index (κ2) is 5.81. The smallest absolute Gasteiger partial charge is 0.147 e. The average molecular weight is 306 g/mol. The molecule has 1 aliphatic carbocycles. The second-order valence-electron chi connectivity index (χ2n) is 6.04. The lowest BCUT2D eigenvalue weighted by Crippen LogP contribution is -2.15. The van der Waals surface area contributed by atoms with E-state index < -0.39 is 9.84 Å². The van der Waals surface area contributed by atoms with E-state index in [1.165, 1.54) is 35.6 Å². The van der Waals surface area contributed by atoms with E-state index in [0.717, 1.165) is 19.1 Å². The monoisotopic (exact) mass is 306 g/mol. The molecule has 21 heavy (non-hydrogen) atoms. The van der Waals surface area contributed by atoms with Crippen molar-refractivity contribution in [1.29, 1.82) is 0 Å². The van der Waals surface area contributed by atoms with Gasteiger partial charge in [0.25, 0.3) is 0 Å². The number of fused-ring (bicyclic) bond motifs is 1. The molecule has 3 rings (SSSR count). The number of nitrogens with zero attached hydrogens (tertiary/aromatic N) is 1. The Bertz CT molecular complexity index is 730. The van der Waals surface area contributed by atoms with Gasteiger partial charge in [-0.3, -0.25) is 0 Å². The fourth-order valence-electron chi connectivity index (χ4n) is 2.60. The maximum Gasteiger partial charge on any atom is 0.147 e. The Hall–Kier alpha value is -1.33. The van der Waals surface area contributed by atoms with Crippen LogP contribution in [0, 0.1) is 0 Å². The number of benzene rings is 1. The molecule has 5 heteroatoms. The number of aromatic nitrogens is 1. The molecule has 2 aromatic rings. The van der Waals surface area contributed by atoms with Gasteiger partial charge in [0.15, 0.2) is 0 Å². The molecule has 1 N–H and O–H groups in total. The summed E-state index contributed by atoms with van der Waals surface area (Å²) >= 11 is 0. The summed E-state index contributed by atoms with van der Waals surface area (Å²) in [6.45, 7) is 1.68. The van der Waals surface area contributed by atoms with Crippen molar-refractivity contribution in [2.24, 2.45) is 0 Å². The van der Waals surface area contributed by atoms with Gasteiger partial charge in [0.05, 0.1) is 5.75 Å². The van der Waals surface area contributed by atoms with Crippen LogP contribution in [0.4, 0.5) is 0 Å². The van der Waals surface area contributed by atoms with Crippen LogP contribution in [0.15, 0.2) is 30.5 Å². The van der Waals surface area contributed by atoms with Crippen LogP contribution in [0.25, 0.3) is 10.9 Å². The summed E-state index contributed by atoms with van der Waals surface area (Å²) in [5.41, 5.74) is 2.49. The average Bonchev–Trinajstić information content (AvgIpc) is 3.17. The fourth-order valence-corrected chi connectivity index (χ4v) is 3.25. The van der Waals surface area contributed by atoms with Crippen LogP contribution in [0.1, 0.15) is 24.8 Å². The third-order valence-corrected chi connectivity index (χ3v) is 4.95. The van der Waals surface area contributed by atoms with Crippen LogP contribution < -0.4 is 5.32 Å². The van der Waals surface area contributed by atoms with Gasteiger partial charge >= 0.3 is 0 Å². The van der Waals surface area contributed by atoms with Crippen molar-refractivity contribution in [1.82, 2.24) is 9.88 Å². The molecule has 0 saturated heterocycles. The Balaban J connectivity index is 1.66. The highest BCUT2D eigenvalue weighted by Crippen LogP contribution is 2.21. The van der Waals surface area contributed by atoms with Gasteiger partial charge in [0.1, 0.15) is 9.84 Å². The summed E-state index contributed by atoms with van der Waals surface area (Å²) < 4.78 is 24.5. The van der Waals surface area contributed by atoms with Crippen molar-refractivity contribution in [2.75, 3.05) is 12.0 Å². The Labute approximate surface area is 126 Å². The molecule has 1 aliphatic rings. The maximum absolute atomic E-state index is 11.2. The first kappa shape index (κ1) is 14.6. The quantitative estimate of drug-likeness (QED) is 0.854. The maximum atomic E-state index is 11.2. The summed E-state index contributed by atoms with van der Waals surface area (Å²) in [5, 5.41) is 4.75. The lowest BCUT2D eigenvalue weighted by atomic mass is 10.1. The number of aryl methyl sites for hydroxylation is 1. The van der Waals surface area contributed by atoms with Gasteiger partial charge in [0.2, 0.25) is 0 Å². The van der Waals surface area contributed by atoms with E-state index in [0.29, 0.717) is 6.42 Å². The van der Waals surface area contributed by atoms with Crippen molar-refractivity contribution in [2.45, 2.75) is 38.4 Å². The molecule has 1 saturated carbocycles. The zero-order valence-corrected chi connectivity index (χ0v) is 13.2. The highest BCUT2D eigenvalue weighted by atomic mass is 32.2. The highest BCUT2D eigenvalue weighted by Gasteiger charge is 2.19. The molecule has 1 aromatic heterocycles. The SMILES string of the molecule is CS(=O)(=O)CCCn1ccc2cc(CNC3CC3)ccc21. The van der Waals surface area contributed by atoms with Crippen LogP contribution >= 0.6 is 0 Å². The van der Waals surface area contributed by atoms with Gasteiger partial charge in [-0.2, -0.15) is 0 Å². The highest BCUT2D eigenvalue weighted by molar-refractivity contribution is 7.90. The molecule has 0 unspecified atom stereocenters. The number of rotatable bonds is 7. The van der Waals surface area contributed by atoms with Crippen LogP contribution in [-0.4, -0.2) is 31.0 Å². The molecular weight excluding hydrogens is 284 g/mol. The normalized spacial score (nSPS) is 15.7. The number of sulfone groups is 1. The summed E-state index contributed by atoms with van der Waals surface area (Å²) in [5.74, 6) is 0.246. The third kappa shape index (κ3) is 4.08. The van der Waals surface area contributed by atoms with Gasteiger partial charge in [0, 0.05) is 37.1 Å². The molecule has 4 nitrogen and oxygen atoms in total. The summed E-state index contributed by atoms with van der Waals surface area (Å²) in [7, 11) is -2.87. The van der Waals surface area contributed by atoms with E-state index >= 15 is 0 Å². The predicted octanol–water partition coefficient (Wildman–Crippen LogP) is 2.33. The zero-order chi connectivity index (χ0) is 14.9. The van der Waals surface area contributed by atoms with Gasteiger partial charge in [-0.15, -0.1) is 0 Å². The minimum Gasteiger partial charge on any atom is -0.347 e. The minimum atomic E-state index is -2.87. The van der Waals surface area contributed by atoms with Crippen LogP contribution in [0.3, 0.4) is 0 Å². The molecule has 114 valence electrons. The standard InChI is InChI=1S/C16H22N2O2S/c1-21(19,20)10-2-8-18-9-7-14-11-13(3-6-16(14)18)12-17-15-4-5-15/h3,6-7,9,11,15,17H,2,4-5,8,10,12H2,1H3. The molecular formula is C16H22N2O2S. The largest absolute Gasteiger partial charge is 0.347 e. The molecule has 0 aliphatic heterocycles. The molecule has 0 atom stereocenters. The topological polar surface area (TPSA) is 51.1 Å². The second-order valence-corrected chi connectivity index (χ2v) is 8.30. The lowest BCUT2D eigenvalue weighted by molar-refractivity contribution is 0.593. The van der Waals surface area contributed by atoms with E-state index in [2.05, 4.69) is 34.1 Å². The van der Waals surface area contributed by atoms with E-state index in [1.54, 1.807) is 0 Å². The summed E-state index contributed by atoms with van der Waals surface area (Å²) in [4.78, 5) is 0. The van der Waals surface area contributed by atoms with Crippen LogP contribution in [0.2, 0.25) is 0 Å². The van der Waals surface area contributed by atoms with Gasteiger partial charge in [-0.25, -0.2) is 8.42 Å². The van der Waals surface area contributed by atoms with Crippen molar-refractivity contribution in [3.63, 3.8) is 0 Å². The van der Waals surface area contributed by atoms with Gasteiger partial charge in [-0.05, 0) is 48.4 Å². The molecule has 0 spiro atoms. The molecule has 0 amide bonds. The first-order valence-corrected chi connectivity index (χ1v) is 9.56. The van der Waals surface area contributed by atoms with E-state index in [-0.39, 0.29) is 5.75 Å². The Morgan fingerprint density at radius 1 is 1.29 bits per heavy atom. The first-order chi connectivity index (χ1) is 10.0. The van der Waals surface area contributed by atoms with E-state index in [4.69, 9.17) is 0 Å². The molecule has 0 radical (unpaired) electrons. The first-order valence-electron chi connectivity index (χ1n) is 7.50. The van der Waals surface area contributed by atoms with E-state index in [9.17, 15) is 8.42 Å². The van der Waals surface area contributed by atoms with Crippen molar-refractivity contribution in [3.05, 3.63) is 36.0 Å². The van der Waals surface area contributed by atoms with E-state index in [1.807, 2.05) is 6.20 Å². The summed E-state index contributed by atoms with van der Waals surface area (Å²) in [6.07, 6.45) is 6.61.